The lowest BCUT2D eigenvalue weighted by molar-refractivity contribution is 0.178. The minimum atomic E-state index is 0. The van der Waals surface area contributed by atoms with Crippen molar-refractivity contribution in [2.24, 2.45) is 0 Å². The van der Waals surface area contributed by atoms with Crippen LogP contribution in [-0.2, 0) is 0 Å². The van der Waals surface area contributed by atoms with Crippen molar-refractivity contribution >= 4 is 18.4 Å². The van der Waals surface area contributed by atoms with Crippen molar-refractivity contribution < 1.29 is 4.79 Å². The van der Waals surface area contributed by atoms with Crippen LogP contribution in [0.2, 0.25) is 0 Å². The van der Waals surface area contributed by atoms with Gasteiger partial charge in [0, 0.05) is 25.7 Å². The van der Waals surface area contributed by atoms with Crippen LogP contribution in [0.15, 0.2) is 0 Å². The maximum atomic E-state index is 11.7. The molecule has 0 radical (unpaired) electrons. The first-order valence-electron chi connectivity index (χ1n) is 5.51. The zero-order chi connectivity index (χ0) is 9.97. The monoisotopic (exact) mass is 233 g/mol. The summed E-state index contributed by atoms with van der Waals surface area (Å²) in [7, 11) is 1.90. The minimum absolute atomic E-state index is 0. The molecule has 1 saturated heterocycles. The molecule has 0 spiro atoms. The molecule has 1 saturated carbocycles. The van der Waals surface area contributed by atoms with Gasteiger partial charge in [-0.05, 0) is 32.2 Å². The van der Waals surface area contributed by atoms with E-state index < -0.39 is 0 Å². The topological polar surface area (TPSA) is 44.4 Å². The van der Waals surface area contributed by atoms with Gasteiger partial charge in [0.1, 0.15) is 0 Å². The predicted molar refractivity (Wildman–Crippen MR) is 62.5 cm³/mol. The maximum absolute atomic E-state index is 11.7. The molecule has 1 atom stereocenters. The number of likely N-dealkylation sites (N-methyl/N-ethyl adjacent to an activating group) is 1. The fourth-order valence-electron chi connectivity index (χ4n) is 1.83. The molecule has 0 aromatic carbocycles. The van der Waals surface area contributed by atoms with Crippen molar-refractivity contribution in [3.8, 4) is 0 Å². The smallest absolute Gasteiger partial charge is 0.317 e. The average molecular weight is 234 g/mol. The number of amides is 2. The summed E-state index contributed by atoms with van der Waals surface area (Å²) in [4.78, 5) is 13.5. The van der Waals surface area contributed by atoms with Gasteiger partial charge in [0.25, 0.3) is 0 Å². The highest BCUT2D eigenvalue weighted by molar-refractivity contribution is 5.85. The number of rotatable bonds is 2. The van der Waals surface area contributed by atoms with E-state index in [9.17, 15) is 4.79 Å². The van der Waals surface area contributed by atoms with Crippen molar-refractivity contribution in [2.45, 2.75) is 37.8 Å². The van der Waals surface area contributed by atoms with Gasteiger partial charge in [-0.15, -0.1) is 12.4 Å². The largest absolute Gasteiger partial charge is 0.335 e. The first-order chi connectivity index (χ1) is 6.77. The molecule has 1 aliphatic carbocycles. The molecular formula is C10H20ClN3O. The van der Waals surface area contributed by atoms with Gasteiger partial charge >= 0.3 is 6.03 Å². The molecule has 0 bridgehead atoms. The van der Waals surface area contributed by atoms with Crippen molar-refractivity contribution in [1.29, 1.82) is 0 Å². The highest BCUT2D eigenvalue weighted by Gasteiger charge is 2.27. The van der Waals surface area contributed by atoms with Gasteiger partial charge in [-0.3, -0.25) is 0 Å². The van der Waals surface area contributed by atoms with Crippen molar-refractivity contribution in [3.63, 3.8) is 0 Å². The molecular weight excluding hydrogens is 214 g/mol. The minimum Gasteiger partial charge on any atom is -0.335 e. The summed E-state index contributed by atoms with van der Waals surface area (Å²) in [6.45, 7) is 2.03. The summed E-state index contributed by atoms with van der Waals surface area (Å²) < 4.78 is 0. The van der Waals surface area contributed by atoms with Gasteiger partial charge in [0.15, 0.2) is 0 Å². The first-order valence-corrected chi connectivity index (χ1v) is 5.51. The molecule has 5 heteroatoms. The molecule has 2 rings (SSSR count). The molecule has 15 heavy (non-hydrogen) atoms. The zero-order valence-corrected chi connectivity index (χ0v) is 9.98. The van der Waals surface area contributed by atoms with E-state index in [1.54, 1.807) is 0 Å². The van der Waals surface area contributed by atoms with Crippen LogP contribution in [-0.4, -0.2) is 43.2 Å². The fourth-order valence-corrected chi connectivity index (χ4v) is 1.83. The quantitative estimate of drug-likeness (QED) is 0.747. The first kappa shape index (κ1) is 12.6. The number of urea groups is 1. The second kappa shape index (κ2) is 5.56. The summed E-state index contributed by atoms with van der Waals surface area (Å²) in [6, 6.07) is 0.935. The van der Waals surface area contributed by atoms with E-state index in [0.717, 1.165) is 32.4 Å². The number of hydrogen-bond donors (Lipinski definition) is 2. The third-order valence-corrected chi connectivity index (χ3v) is 3.04. The van der Waals surface area contributed by atoms with Gasteiger partial charge in [-0.2, -0.15) is 0 Å². The number of carbonyl (C=O) groups excluding carboxylic acids is 1. The van der Waals surface area contributed by atoms with Crippen LogP contribution in [0.4, 0.5) is 4.79 Å². The Kier molecular flexibility index (Phi) is 4.67. The third-order valence-electron chi connectivity index (χ3n) is 3.04. The van der Waals surface area contributed by atoms with Crippen LogP contribution < -0.4 is 10.6 Å². The summed E-state index contributed by atoms with van der Waals surface area (Å²) >= 11 is 0. The SMILES string of the molecule is CN(C(=O)NC1CC1)C1CCCNC1.Cl. The van der Waals surface area contributed by atoms with Crippen LogP contribution in [0.3, 0.4) is 0 Å². The van der Waals surface area contributed by atoms with E-state index in [1.807, 2.05) is 11.9 Å². The van der Waals surface area contributed by atoms with E-state index in [1.165, 1.54) is 6.42 Å². The third kappa shape index (κ3) is 3.54. The summed E-state index contributed by atoms with van der Waals surface area (Å²) in [5.41, 5.74) is 0. The lowest BCUT2D eigenvalue weighted by Crippen LogP contribution is -2.50. The average Bonchev–Trinajstić information content (AvgIpc) is 3.02. The molecule has 2 fully saturated rings. The summed E-state index contributed by atoms with van der Waals surface area (Å²) in [5, 5.41) is 6.33. The van der Waals surface area contributed by atoms with Gasteiger partial charge < -0.3 is 15.5 Å². The Bertz CT molecular complexity index is 215. The lowest BCUT2D eigenvalue weighted by Gasteiger charge is -2.31. The Morgan fingerprint density at radius 3 is 2.67 bits per heavy atom. The van der Waals surface area contributed by atoms with E-state index in [0.29, 0.717) is 12.1 Å². The molecule has 1 unspecified atom stereocenters. The van der Waals surface area contributed by atoms with Crippen LogP contribution >= 0.6 is 12.4 Å². The summed E-state index contributed by atoms with van der Waals surface area (Å²) in [6.07, 6.45) is 4.61. The molecule has 0 aromatic rings. The Labute approximate surface area is 97.2 Å². The van der Waals surface area contributed by atoms with Gasteiger partial charge in [-0.25, -0.2) is 4.79 Å². The number of halogens is 1. The zero-order valence-electron chi connectivity index (χ0n) is 9.16. The standard InChI is InChI=1S/C10H19N3O.ClH/c1-13(9-3-2-6-11-7-9)10(14)12-8-4-5-8;/h8-9,11H,2-7H2,1H3,(H,12,14);1H. The van der Waals surface area contributed by atoms with Crippen LogP contribution in [0.1, 0.15) is 25.7 Å². The van der Waals surface area contributed by atoms with Gasteiger partial charge in [-0.1, -0.05) is 0 Å². The van der Waals surface area contributed by atoms with Crippen LogP contribution in [0, 0.1) is 0 Å². The molecule has 2 N–H and O–H groups in total. The number of carbonyl (C=O) groups is 1. The Hall–Kier alpha value is -0.480. The summed E-state index contributed by atoms with van der Waals surface area (Å²) in [5.74, 6) is 0. The number of nitrogens with one attached hydrogen (secondary N) is 2. The Balaban J connectivity index is 0.00000112. The molecule has 1 heterocycles. The van der Waals surface area contributed by atoms with Crippen molar-refractivity contribution in [2.75, 3.05) is 20.1 Å². The fraction of sp³-hybridized carbons (Fsp3) is 0.900. The van der Waals surface area contributed by atoms with E-state index >= 15 is 0 Å². The normalized spacial score (nSPS) is 25.3. The van der Waals surface area contributed by atoms with Crippen molar-refractivity contribution in [3.05, 3.63) is 0 Å². The molecule has 2 aliphatic rings. The molecule has 2 amide bonds. The number of nitrogens with zero attached hydrogens (tertiary/aromatic N) is 1. The predicted octanol–water partition coefficient (Wildman–Crippen LogP) is 0.964. The van der Waals surface area contributed by atoms with Crippen LogP contribution in [0.25, 0.3) is 0 Å². The molecule has 4 nitrogen and oxygen atoms in total. The second-order valence-electron chi connectivity index (χ2n) is 4.33. The molecule has 1 aliphatic heterocycles. The van der Waals surface area contributed by atoms with Crippen LogP contribution in [0.5, 0.6) is 0 Å². The van der Waals surface area contributed by atoms with Gasteiger partial charge in [0.05, 0.1) is 0 Å². The Morgan fingerprint density at radius 2 is 2.13 bits per heavy atom. The van der Waals surface area contributed by atoms with Gasteiger partial charge in [0.2, 0.25) is 0 Å². The van der Waals surface area contributed by atoms with E-state index in [2.05, 4.69) is 10.6 Å². The maximum Gasteiger partial charge on any atom is 0.317 e. The second-order valence-corrected chi connectivity index (χ2v) is 4.33. The number of piperidine rings is 1. The van der Waals surface area contributed by atoms with E-state index in [4.69, 9.17) is 0 Å². The van der Waals surface area contributed by atoms with Crippen molar-refractivity contribution in [1.82, 2.24) is 15.5 Å². The molecule has 0 aromatic heterocycles. The number of hydrogen-bond acceptors (Lipinski definition) is 2. The molecule has 88 valence electrons. The highest BCUT2D eigenvalue weighted by atomic mass is 35.5. The Morgan fingerprint density at radius 1 is 1.40 bits per heavy atom. The highest BCUT2D eigenvalue weighted by Crippen LogP contribution is 2.19. The van der Waals surface area contributed by atoms with E-state index in [-0.39, 0.29) is 18.4 Å². The lowest BCUT2D eigenvalue weighted by atomic mass is 10.1.